The normalized spacial score (nSPS) is 21.4. The van der Waals surface area contributed by atoms with Crippen LogP contribution >= 0.6 is 0 Å². The lowest BCUT2D eigenvalue weighted by Gasteiger charge is -2.34. The average molecular weight is 367 g/mol. The highest BCUT2D eigenvalue weighted by molar-refractivity contribution is 5.94. The molecule has 0 bridgehead atoms. The maximum absolute atomic E-state index is 13.3. The minimum Gasteiger partial charge on any atom is -0.337 e. The van der Waals surface area contributed by atoms with E-state index in [1.807, 2.05) is 28.8 Å². The quantitative estimate of drug-likeness (QED) is 0.815. The molecule has 1 aliphatic heterocycles. The molecule has 1 amide bonds. The van der Waals surface area contributed by atoms with Crippen LogP contribution in [0.4, 0.5) is 0 Å². The Bertz CT molecular complexity index is 769. The minimum atomic E-state index is 0.129. The highest BCUT2D eigenvalue weighted by Gasteiger charge is 2.33. The van der Waals surface area contributed by atoms with E-state index in [1.54, 1.807) is 12.7 Å². The fraction of sp³-hybridized carbons (Fsp3) is 0.571. The molecule has 0 unspecified atom stereocenters. The zero-order chi connectivity index (χ0) is 18.8. The smallest absolute Gasteiger partial charge is 0.253 e. The molecule has 144 valence electrons. The first kappa shape index (κ1) is 18.2. The van der Waals surface area contributed by atoms with E-state index in [1.165, 1.54) is 19.4 Å². The summed E-state index contributed by atoms with van der Waals surface area (Å²) in [4.78, 5) is 18.0. The molecular formula is C21H29N5O. The van der Waals surface area contributed by atoms with E-state index >= 15 is 0 Å². The highest BCUT2D eigenvalue weighted by Crippen LogP contribution is 2.32. The summed E-state index contributed by atoms with van der Waals surface area (Å²) in [6, 6.07) is 8.19. The van der Waals surface area contributed by atoms with Gasteiger partial charge in [0.25, 0.3) is 5.91 Å². The molecule has 1 aliphatic carbocycles. The van der Waals surface area contributed by atoms with Crippen molar-refractivity contribution < 1.29 is 4.79 Å². The summed E-state index contributed by atoms with van der Waals surface area (Å²) >= 11 is 0. The molecule has 1 aromatic heterocycles. The van der Waals surface area contributed by atoms with Crippen LogP contribution in [-0.4, -0.2) is 62.7 Å². The first-order chi connectivity index (χ1) is 13.1. The van der Waals surface area contributed by atoms with Gasteiger partial charge in [-0.25, -0.2) is 0 Å². The summed E-state index contributed by atoms with van der Waals surface area (Å²) in [5, 5.41) is 7.71. The fourth-order valence-electron chi connectivity index (χ4n) is 4.05. The van der Waals surface area contributed by atoms with Gasteiger partial charge in [-0.05, 0) is 49.3 Å². The molecule has 1 saturated heterocycles. The number of hydrogen-bond donors (Lipinski definition) is 0. The van der Waals surface area contributed by atoms with E-state index in [4.69, 9.17) is 0 Å². The van der Waals surface area contributed by atoms with Gasteiger partial charge in [-0.3, -0.25) is 14.3 Å². The Morgan fingerprint density at radius 3 is 2.67 bits per heavy atom. The van der Waals surface area contributed by atoms with E-state index in [-0.39, 0.29) is 5.91 Å². The van der Waals surface area contributed by atoms with Gasteiger partial charge < -0.3 is 4.90 Å². The van der Waals surface area contributed by atoms with E-state index in [2.05, 4.69) is 33.8 Å². The molecule has 27 heavy (non-hydrogen) atoms. The number of aromatic nitrogens is 3. The van der Waals surface area contributed by atoms with Crippen molar-refractivity contribution in [1.82, 2.24) is 24.6 Å². The number of carbonyl (C=O) groups excluding carboxylic acids is 1. The Labute approximate surface area is 161 Å². The Hall–Kier alpha value is -2.21. The fourth-order valence-corrected chi connectivity index (χ4v) is 4.05. The summed E-state index contributed by atoms with van der Waals surface area (Å²) in [5.74, 6) is 1.55. The van der Waals surface area contributed by atoms with Crippen LogP contribution in [0.5, 0.6) is 0 Å². The zero-order valence-corrected chi connectivity index (χ0v) is 16.3. The number of benzene rings is 1. The van der Waals surface area contributed by atoms with Crippen LogP contribution in [0.25, 0.3) is 5.69 Å². The maximum Gasteiger partial charge on any atom is 0.253 e. The highest BCUT2D eigenvalue weighted by atomic mass is 16.2. The topological polar surface area (TPSA) is 54.3 Å². The number of carbonyl (C=O) groups is 1. The summed E-state index contributed by atoms with van der Waals surface area (Å²) in [6.45, 7) is 8.52. The van der Waals surface area contributed by atoms with Crippen LogP contribution in [0.2, 0.25) is 0 Å². The number of amides is 1. The Kier molecular flexibility index (Phi) is 5.25. The summed E-state index contributed by atoms with van der Waals surface area (Å²) in [7, 11) is 0. The van der Waals surface area contributed by atoms with Crippen LogP contribution in [0.1, 0.15) is 43.5 Å². The molecule has 6 heteroatoms. The lowest BCUT2D eigenvalue weighted by molar-refractivity contribution is 0.0704. The van der Waals surface area contributed by atoms with E-state index in [0.717, 1.165) is 43.2 Å². The van der Waals surface area contributed by atoms with Crippen molar-refractivity contribution in [2.24, 2.45) is 11.8 Å². The van der Waals surface area contributed by atoms with Gasteiger partial charge in [0.2, 0.25) is 0 Å². The Morgan fingerprint density at radius 1 is 1.19 bits per heavy atom. The van der Waals surface area contributed by atoms with E-state index in [9.17, 15) is 4.79 Å². The summed E-state index contributed by atoms with van der Waals surface area (Å²) < 4.78 is 1.83. The molecule has 2 heterocycles. The van der Waals surface area contributed by atoms with E-state index in [0.29, 0.717) is 12.0 Å². The number of hydrogen-bond acceptors (Lipinski definition) is 4. The lowest BCUT2D eigenvalue weighted by atomic mass is 10.0. The second-order valence-corrected chi connectivity index (χ2v) is 8.27. The number of nitrogens with zero attached hydrogens (tertiary/aromatic N) is 5. The minimum absolute atomic E-state index is 0.129. The second-order valence-electron chi connectivity index (χ2n) is 8.27. The summed E-state index contributed by atoms with van der Waals surface area (Å²) in [6.07, 6.45) is 7.10. The SMILES string of the molecule is CC(C)[C@@H]1CN(C(=O)c2cccc(-n3cnnc3)c2)CCCN1CC1CC1. The van der Waals surface area contributed by atoms with Gasteiger partial charge in [0, 0.05) is 43.5 Å². The molecule has 2 aliphatic rings. The Morgan fingerprint density at radius 2 is 1.96 bits per heavy atom. The first-order valence-electron chi connectivity index (χ1n) is 10.1. The van der Waals surface area contributed by atoms with Gasteiger partial charge in [0.05, 0.1) is 0 Å². The van der Waals surface area contributed by atoms with Gasteiger partial charge in [-0.15, -0.1) is 10.2 Å². The zero-order valence-electron chi connectivity index (χ0n) is 16.3. The molecule has 1 saturated carbocycles. The molecule has 2 aromatic rings. The average Bonchev–Trinajstić information content (AvgIpc) is 3.37. The van der Waals surface area contributed by atoms with Gasteiger partial charge in [-0.2, -0.15) is 0 Å². The molecular weight excluding hydrogens is 338 g/mol. The van der Waals surface area contributed by atoms with Gasteiger partial charge in [-0.1, -0.05) is 19.9 Å². The molecule has 1 atom stereocenters. The predicted molar refractivity (Wildman–Crippen MR) is 105 cm³/mol. The van der Waals surface area contributed by atoms with Crippen molar-refractivity contribution in [1.29, 1.82) is 0 Å². The van der Waals surface area contributed by atoms with Crippen molar-refractivity contribution >= 4 is 5.91 Å². The van der Waals surface area contributed by atoms with Crippen molar-refractivity contribution in [2.75, 3.05) is 26.2 Å². The van der Waals surface area contributed by atoms with Crippen molar-refractivity contribution in [2.45, 2.75) is 39.2 Å². The third-order valence-electron chi connectivity index (χ3n) is 5.81. The molecule has 0 radical (unpaired) electrons. The largest absolute Gasteiger partial charge is 0.337 e. The van der Waals surface area contributed by atoms with Gasteiger partial charge >= 0.3 is 0 Å². The van der Waals surface area contributed by atoms with Crippen LogP contribution in [0.3, 0.4) is 0 Å². The molecule has 6 nitrogen and oxygen atoms in total. The standard InChI is InChI=1S/C21H29N5O/c1-16(2)20-13-25(10-4-9-24(20)12-17-7-8-17)21(27)18-5-3-6-19(11-18)26-14-22-23-15-26/h3,5-6,11,14-17,20H,4,7-10,12-13H2,1-2H3/t20-/m0/s1. The molecule has 2 fully saturated rings. The third-order valence-corrected chi connectivity index (χ3v) is 5.81. The number of rotatable bonds is 5. The summed E-state index contributed by atoms with van der Waals surface area (Å²) in [5.41, 5.74) is 1.65. The molecule has 4 rings (SSSR count). The molecule has 0 spiro atoms. The van der Waals surface area contributed by atoms with Crippen molar-refractivity contribution in [3.63, 3.8) is 0 Å². The van der Waals surface area contributed by atoms with Crippen LogP contribution in [0.15, 0.2) is 36.9 Å². The van der Waals surface area contributed by atoms with Crippen molar-refractivity contribution in [3.05, 3.63) is 42.5 Å². The predicted octanol–water partition coefficient (Wildman–Crippen LogP) is 2.85. The maximum atomic E-state index is 13.3. The van der Waals surface area contributed by atoms with Gasteiger partial charge in [0.1, 0.15) is 12.7 Å². The first-order valence-corrected chi connectivity index (χ1v) is 10.1. The third kappa shape index (κ3) is 4.21. The van der Waals surface area contributed by atoms with Gasteiger partial charge in [0.15, 0.2) is 0 Å². The van der Waals surface area contributed by atoms with Crippen molar-refractivity contribution in [3.8, 4) is 5.69 Å². The van der Waals surface area contributed by atoms with Crippen LogP contribution in [0, 0.1) is 11.8 Å². The monoisotopic (exact) mass is 367 g/mol. The molecule has 0 N–H and O–H groups in total. The molecule has 1 aromatic carbocycles. The van der Waals surface area contributed by atoms with Crippen LogP contribution in [-0.2, 0) is 0 Å². The lowest BCUT2D eigenvalue weighted by Crippen LogP contribution is -2.46. The Balaban J connectivity index is 1.51. The second kappa shape index (κ2) is 7.80. The van der Waals surface area contributed by atoms with Crippen LogP contribution < -0.4 is 0 Å². The van der Waals surface area contributed by atoms with E-state index < -0.39 is 0 Å².